The van der Waals surface area contributed by atoms with Crippen LogP contribution >= 0.6 is 23.4 Å². The number of benzene rings is 1. The fraction of sp³-hybridized carbons (Fsp3) is 0.558. The molecule has 0 unspecified atom stereocenters. The summed E-state index contributed by atoms with van der Waals surface area (Å²) in [6.45, 7) is 17.1. The number of hydrogen-bond acceptors (Lipinski definition) is 15. The first kappa shape index (κ1) is 52.2. The third kappa shape index (κ3) is 12.1. The molecule has 4 fully saturated rings. The zero-order chi connectivity index (χ0) is 51.4. The summed E-state index contributed by atoms with van der Waals surface area (Å²) in [5.74, 6) is 0.965. The molecule has 0 aliphatic carbocycles. The summed E-state index contributed by atoms with van der Waals surface area (Å²) < 4.78 is 3.51. The maximum atomic E-state index is 14.4. The van der Waals surface area contributed by atoms with Gasteiger partial charge < -0.3 is 35.8 Å². The number of carbonyl (C=O) groups excluding carboxylic acids is 3. The van der Waals surface area contributed by atoms with Gasteiger partial charge in [0.15, 0.2) is 0 Å². The number of β-amino-alcohol motifs (C(OH)–C–C–N with tert-alkyl or cyclic N) is 1. The SMILES string of the molecule is CCn1nccc1-c1ccc([C@H](CCN2CCN(C(=O)C3CCN(c4nccc(Sc5cnc(N6CCC(C)(N)CC6)cn5)c4Cl)CC3)CC2)NC(=O)[C@@H]2C[C@@H](O)CN2C(=O)[C@H](C(C)C)n2cc(C)nn2)cc1. The Bertz CT molecular complexity index is 2670. The molecule has 4 N–H and O–H groups in total. The summed E-state index contributed by atoms with van der Waals surface area (Å²) in [7, 11) is 0. The molecule has 8 heterocycles. The minimum absolute atomic E-state index is 0.0569. The number of aliphatic hydroxyl groups excluding tert-OH is 1. The lowest BCUT2D eigenvalue weighted by atomic mass is 9.91. The van der Waals surface area contributed by atoms with Crippen LogP contribution in [-0.2, 0) is 20.9 Å². The minimum Gasteiger partial charge on any atom is -0.391 e. The summed E-state index contributed by atoms with van der Waals surface area (Å²) in [6.07, 6.45) is 12.1. The first-order valence-electron chi connectivity index (χ1n) is 25.9. The smallest absolute Gasteiger partial charge is 0.248 e. The molecule has 390 valence electrons. The number of pyridine rings is 1. The molecule has 9 rings (SSSR count). The number of halogens is 1. The van der Waals surface area contributed by atoms with E-state index in [4.69, 9.17) is 27.3 Å². The normalized spacial score (nSPS) is 20.7. The van der Waals surface area contributed by atoms with Gasteiger partial charge in [-0.15, -0.1) is 5.10 Å². The van der Waals surface area contributed by atoms with Gasteiger partial charge in [-0.05, 0) is 82.1 Å². The Labute approximate surface area is 437 Å². The lowest BCUT2D eigenvalue weighted by Crippen LogP contribution is -2.52. The summed E-state index contributed by atoms with van der Waals surface area (Å²) in [5, 5.41) is 28.3. The van der Waals surface area contributed by atoms with Crippen molar-refractivity contribution >= 4 is 52.7 Å². The van der Waals surface area contributed by atoms with Crippen molar-refractivity contribution in [3.8, 4) is 11.3 Å². The van der Waals surface area contributed by atoms with Crippen LogP contribution in [0, 0.1) is 18.8 Å². The summed E-state index contributed by atoms with van der Waals surface area (Å²) in [4.78, 5) is 67.8. The number of hydrogen-bond donors (Lipinski definition) is 3. The molecular formula is C52H70ClN15O4S. The molecule has 0 spiro atoms. The van der Waals surface area contributed by atoms with Crippen LogP contribution in [-0.4, -0.2) is 160 Å². The van der Waals surface area contributed by atoms with Crippen LogP contribution in [0.15, 0.2) is 77.3 Å². The zero-order valence-electron chi connectivity index (χ0n) is 42.7. The monoisotopic (exact) mass is 1040 g/mol. The number of carbonyl (C=O) groups is 3. The number of anilines is 2. The standard InChI is InChI=1S/C52H70ClN15O4S/c1-6-67-41(11-19-58-67)37-9-7-36(8-10-37)40(59-49(70)42-29-39(69)33-66(42)51(72)47(34(2)3)68-32-35(4)60-61-68)15-20-62-25-27-65(28-26-62)50(71)38-13-21-64(22-14-38)48-46(53)43(12-18-55-48)73-45-31-56-44(30-57-45)63-23-16-52(5,54)17-24-63/h7-12,18-19,30-32,34,38-40,42,47,69H,6,13-17,20-29,33,54H2,1-5H3,(H,59,70)/t39-,40+,42+,47+/m1/s1. The van der Waals surface area contributed by atoms with E-state index in [0.29, 0.717) is 81.6 Å². The third-order valence-electron chi connectivity index (χ3n) is 15.1. The van der Waals surface area contributed by atoms with Crippen molar-refractivity contribution in [2.24, 2.45) is 17.6 Å². The number of nitrogens with zero attached hydrogens (tertiary/aromatic N) is 13. The molecule has 4 atom stereocenters. The van der Waals surface area contributed by atoms with Crippen LogP contribution in [0.5, 0.6) is 0 Å². The summed E-state index contributed by atoms with van der Waals surface area (Å²) in [5.41, 5.74) is 9.84. The molecule has 19 nitrogen and oxygen atoms in total. The summed E-state index contributed by atoms with van der Waals surface area (Å²) in [6, 6.07) is 10.2. The minimum atomic E-state index is -0.855. The van der Waals surface area contributed by atoms with Gasteiger partial charge in [0.25, 0.3) is 0 Å². The highest BCUT2D eigenvalue weighted by Gasteiger charge is 2.43. The Balaban J connectivity index is 0.794. The second kappa shape index (κ2) is 22.8. The van der Waals surface area contributed by atoms with Gasteiger partial charge in [0.05, 0.1) is 40.9 Å². The van der Waals surface area contributed by atoms with Gasteiger partial charge in [-0.25, -0.2) is 19.6 Å². The van der Waals surface area contributed by atoms with Gasteiger partial charge in [0, 0.05) is 113 Å². The number of likely N-dealkylation sites (tertiary alicyclic amines) is 1. The molecule has 21 heteroatoms. The average Bonchev–Trinajstić information content (AvgIpc) is 4.16. The maximum absolute atomic E-state index is 14.4. The van der Waals surface area contributed by atoms with Crippen LogP contribution in [0.1, 0.15) is 89.6 Å². The van der Waals surface area contributed by atoms with E-state index in [0.717, 1.165) is 65.0 Å². The predicted octanol–water partition coefficient (Wildman–Crippen LogP) is 5.24. The van der Waals surface area contributed by atoms with Gasteiger partial charge in [0.1, 0.15) is 28.7 Å². The van der Waals surface area contributed by atoms with Crippen LogP contribution in [0.4, 0.5) is 11.6 Å². The molecule has 1 aromatic carbocycles. The molecule has 5 aromatic rings. The van der Waals surface area contributed by atoms with Crippen LogP contribution in [0.3, 0.4) is 0 Å². The number of nitrogens with two attached hydrogens (primary N) is 1. The predicted molar refractivity (Wildman–Crippen MR) is 281 cm³/mol. The largest absolute Gasteiger partial charge is 0.391 e. The van der Waals surface area contributed by atoms with Crippen molar-refractivity contribution in [2.75, 3.05) is 75.2 Å². The van der Waals surface area contributed by atoms with E-state index in [1.165, 1.54) is 16.7 Å². The average molecular weight is 1040 g/mol. The lowest BCUT2D eigenvalue weighted by Gasteiger charge is -2.39. The molecule has 0 saturated carbocycles. The highest BCUT2D eigenvalue weighted by Crippen LogP contribution is 2.39. The van der Waals surface area contributed by atoms with Crippen LogP contribution in [0.2, 0.25) is 5.02 Å². The van der Waals surface area contributed by atoms with Gasteiger partial charge in [-0.3, -0.25) is 24.0 Å². The van der Waals surface area contributed by atoms with Crippen molar-refractivity contribution in [1.29, 1.82) is 0 Å². The molecule has 73 heavy (non-hydrogen) atoms. The quantitative estimate of drug-likeness (QED) is 0.115. The first-order valence-corrected chi connectivity index (χ1v) is 27.1. The highest BCUT2D eigenvalue weighted by molar-refractivity contribution is 7.99. The Hall–Kier alpha value is -5.67. The van der Waals surface area contributed by atoms with E-state index in [9.17, 15) is 19.5 Å². The van der Waals surface area contributed by atoms with Crippen molar-refractivity contribution in [2.45, 2.75) is 119 Å². The summed E-state index contributed by atoms with van der Waals surface area (Å²) >= 11 is 8.48. The Morgan fingerprint density at radius 2 is 1.67 bits per heavy atom. The molecule has 4 aromatic heterocycles. The lowest BCUT2D eigenvalue weighted by molar-refractivity contribution is -0.142. The molecule has 0 radical (unpaired) electrons. The number of aliphatic hydroxyl groups is 1. The van der Waals surface area contributed by atoms with E-state index in [-0.39, 0.29) is 54.1 Å². The Morgan fingerprint density at radius 1 is 0.932 bits per heavy atom. The molecule has 0 bridgehead atoms. The number of rotatable bonds is 16. The number of amides is 3. The number of nitrogens with one attached hydrogen (secondary N) is 1. The van der Waals surface area contributed by atoms with Gasteiger partial charge >= 0.3 is 0 Å². The van der Waals surface area contributed by atoms with Crippen LogP contribution < -0.4 is 20.9 Å². The fourth-order valence-corrected chi connectivity index (χ4v) is 11.8. The Kier molecular flexibility index (Phi) is 16.3. The highest BCUT2D eigenvalue weighted by atomic mass is 35.5. The van der Waals surface area contributed by atoms with E-state index in [2.05, 4.69) is 66.4 Å². The number of piperidine rings is 2. The second-order valence-electron chi connectivity index (χ2n) is 20.8. The van der Waals surface area contributed by atoms with Gasteiger partial charge in [-0.2, -0.15) is 5.10 Å². The topological polar surface area (TPSA) is 213 Å². The molecule has 3 amide bonds. The Morgan fingerprint density at radius 3 is 2.33 bits per heavy atom. The van der Waals surface area contributed by atoms with Crippen molar-refractivity contribution in [3.05, 3.63) is 83.7 Å². The second-order valence-corrected chi connectivity index (χ2v) is 22.2. The third-order valence-corrected chi connectivity index (χ3v) is 16.5. The molecule has 4 saturated heterocycles. The zero-order valence-corrected chi connectivity index (χ0v) is 44.3. The molecule has 4 aliphatic rings. The van der Waals surface area contributed by atoms with Crippen molar-refractivity contribution < 1.29 is 19.5 Å². The van der Waals surface area contributed by atoms with E-state index in [1.807, 2.05) is 60.8 Å². The molecule has 4 aliphatic heterocycles. The number of aryl methyl sites for hydroxylation is 2. The maximum Gasteiger partial charge on any atom is 0.248 e. The van der Waals surface area contributed by atoms with Gasteiger partial charge in [0.2, 0.25) is 17.7 Å². The fourth-order valence-electron chi connectivity index (χ4n) is 10.7. The van der Waals surface area contributed by atoms with Crippen molar-refractivity contribution in [1.82, 2.24) is 59.7 Å². The number of aromatic nitrogens is 8. The van der Waals surface area contributed by atoms with Crippen LogP contribution in [0.25, 0.3) is 11.3 Å². The van der Waals surface area contributed by atoms with E-state index >= 15 is 0 Å². The van der Waals surface area contributed by atoms with E-state index < -0.39 is 18.2 Å². The number of piperazine rings is 1. The van der Waals surface area contributed by atoms with Gasteiger partial charge in [-0.1, -0.05) is 66.7 Å². The van der Waals surface area contributed by atoms with E-state index in [1.54, 1.807) is 29.5 Å². The van der Waals surface area contributed by atoms with Crippen molar-refractivity contribution in [3.63, 3.8) is 0 Å². The first-order chi connectivity index (χ1) is 35.1. The molecular weight excluding hydrogens is 966 g/mol.